The van der Waals surface area contributed by atoms with Crippen molar-refractivity contribution in [2.75, 3.05) is 12.4 Å². The Hall–Kier alpha value is -3.07. The van der Waals surface area contributed by atoms with E-state index >= 15 is 0 Å². The number of anilines is 1. The Labute approximate surface area is 133 Å². The Bertz CT molecular complexity index is 756. The molecule has 0 fully saturated rings. The number of nitrogens with one attached hydrogen (secondary N) is 1. The van der Waals surface area contributed by atoms with Crippen molar-refractivity contribution in [2.24, 2.45) is 0 Å². The number of halogens is 1. The monoisotopic (exact) mass is 314 g/mol. The highest BCUT2D eigenvalue weighted by Crippen LogP contribution is 2.29. The third-order valence-corrected chi connectivity index (χ3v) is 3.10. The van der Waals surface area contributed by atoms with Gasteiger partial charge in [0.1, 0.15) is 5.82 Å². The van der Waals surface area contributed by atoms with E-state index in [9.17, 15) is 9.18 Å². The van der Waals surface area contributed by atoms with Crippen LogP contribution in [0.5, 0.6) is 11.5 Å². The summed E-state index contributed by atoms with van der Waals surface area (Å²) < 4.78 is 24.2. The average molecular weight is 314 g/mol. The molecule has 0 radical (unpaired) electrons. The number of hydrogen-bond acceptors (Lipinski definition) is 4. The van der Waals surface area contributed by atoms with E-state index in [0.29, 0.717) is 17.1 Å². The maximum Gasteiger partial charge on any atom is 0.265 e. The number of nitrogens with zero attached hydrogens (tertiary/aromatic N) is 1. The summed E-state index contributed by atoms with van der Waals surface area (Å²) in [5, 5.41) is 11.3. The molecule has 118 valence electrons. The summed E-state index contributed by atoms with van der Waals surface area (Å²) in [7, 11) is 1.44. The van der Waals surface area contributed by atoms with Crippen molar-refractivity contribution in [3.8, 4) is 17.6 Å². The second kappa shape index (κ2) is 7.27. The Kier molecular flexibility index (Phi) is 5.15. The lowest BCUT2D eigenvalue weighted by molar-refractivity contribution is -0.122. The van der Waals surface area contributed by atoms with Gasteiger partial charge in [-0.25, -0.2) is 4.39 Å². The molecule has 0 spiro atoms. The van der Waals surface area contributed by atoms with Gasteiger partial charge in [-0.1, -0.05) is 12.1 Å². The topological polar surface area (TPSA) is 71.3 Å². The van der Waals surface area contributed by atoms with E-state index < -0.39 is 17.8 Å². The largest absolute Gasteiger partial charge is 0.493 e. The van der Waals surface area contributed by atoms with E-state index in [1.807, 2.05) is 6.07 Å². The predicted molar refractivity (Wildman–Crippen MR) is 82.8 cm³/mol. The van der Waals surface area contributed by atoms with Crippen LogP contribution in [-0.4, -0.2) is 19.1 Å². The molecule has 0 aliphatic carbocycles. The summed E-state index contributed by atoms with van der Waals surface area (Å²) in [6.07, 6.45) is -0.878. The lowest BCUT2D eigenvalue weighted by atomic mass is 10.2. The van der Waals surface area contributed by atoms with Gasteiger partial charge in [0.15, 0.2) is 17.6 Å². The zero-order chi connectivity index (χ0) is 16.8. The predicted octanol–water partition coefficient (Wildman–Crippen LogP) is 3.11. The summed E-state index contributed by atoms with van der Waals surface area (Å²) in [5.74, 6) is -0.359. The van der Waals surface area contributed by atoms with E-state index in [4.69, 9.17) is 14.7 Å². The zero-order valence-corrected chi connectivity index (χ0v) is 12.7. The third-order valence-electron chi connectivity index (χ3n) is 3.10. The van der Waals surface area contributed by atoms with Crippen LogP contribution in [0.2, 0.25) is 0 Å². The molecule has 1 N–H and O–H groups in total. The molecule has 0 unspecified atom stereocenters. The first kappa shape index (κ1) is 16.3. The number of methoxy groups -OCH3 is 1. The van der Waals surface area contributed by atoms with E-state index in [2.05, 4.69) is 5.32 Å². The molecule has 5 nitrogen and oxygen atoms in total. The van der Waals surface area contributed by atoms with E-state index in [0.717, 1.165) is 0 Å². The van der Waals surface area contributed by atoms with E-state index in [1.54, 1.807) is 18.2 Å². The van der Waals surface area contributed by atoms with Crippen LogP contribution in [0.25, 0.3) is 0 Å². The molecule has 0 aliphatic heterocycles. The number of hydrogen-bond donors (Lipinski definition) is 1. The standard InChI is InChI=1S/C17H15FN2O3/c1-11(17(21)20-14-6-4-3-5-13(14)18)23-15-8-7-12(10-19)9-16(15)22-2/h3-9,11H,1-2H3,(H,20,21)/t11-/m1/s1. The van der Waals surface area contributed by atoms with Gasteiger partial charge in [-0.3, -0.25) is 4.79 Å². The molecule has 0 heterocycles. The fourth-order valence-electron chi connectivity index (χ4n) is 1.88. The third kappa shape index (κ3) is 3.98. The maximum absolute atomic E-state index is 13.5. The molecule has 0 saturated heterocycles. The van der Waals surface area contributed by atoms with Crippen molar-refractivity contribution >= 4 is 11.6 Å². The quantitative estimate of drug-likeness (QED) is 0.920. The first-order valence-corrected chi connectivity index (χ1v) is 6.85. The first-order chi connectivity index (χ1) is 11.0. The fraction of sp³-hybridized carbons (Fsp3) is 0.176. The van der Waals surface area contributed by atoms with Gasteiger partial charge in [-0.15, -0.1) is 0 Å². The molecule has 6 heteroatoms. The zero-order valence-electron chi connectivity index (χ0n) is 12.7. The molecule has 0 aromatic heterocycles. The molecule has 0 bridgehead atoms. The van der Waals surface area contributed by atoms with Crippen LogP contribution in [-0.2, 0) is 4.79 Å². The average Bonchev–Trinajstić information content (AvgIpc) is 2.57. The van der Waals surface area contributed by atoms with Gasteiger partial charge >= 0.3 is 0 Å². The van der Waals surface area contributed by atoms with Crippen molar-refractivity contribution in [1.82, 2.24) is 0 Å². The van der Waals surface area contributed by atoms with Crippen molar-refractivity contribution in [2.45, 2.75) is 13.0 Å². The minimum atomic E-state index is -0.878. The van der Waals surface area contributed by atoms with E-state index in [1.165, 1.54) is 38.3 Å². The molecule has 23 heavy (non-hydrogen) atoms. The van der Waals surface area contributed by atoms with Crippen LogP contribution in [0.3, 0.4) is 0 Å². The van der Waals surface area contributed by atoms with Gasteiger partial charge in [0.25, 0.3) is 5.91 Å². The number of carbonyl (C=O) groups is 1. The molecular weight excluding hydrogens is 299 g/mol. The van der Waals surface area contributed by atoms with Gasteiger partial charge in [0.05, 0.1) is 24.4 Å². The van der Waals surface area contributed by atoms with Gasteiger partial charge in [0, 0.05) is 6.07 Å². The Morgan fingerprint density at radius 1 is 1.26 bits per heavy atom. The van der Waals surface area contributed by atoms with Crippen LogP contribution in [0.1, 0.15) is 12.5 Å². The number of para-hydroxylation sites is 1. The van der Waals surface area contributed by atoms with Gasteiger partial charge in [-0.05, 0) is 31.2 Å². The summed E-state index contributed by atoms with van der Waals surface area (Å²) in [5.41, 5.74) is 0.498. The lowest BCUT2D eigenvalue weighted by Gasteiger charge is -2.17. The Morgan fingerprint density at radius 2 is 2.00 bits per heavy atom. The van der Waals surface area contributed by atoms with Crippen LogP contribution >= 0.6 is 0 Å². The first-order valence-electron chi connectivity index (χ1n) is 6.85. The number of nitriles is 1. The molecule has 2 aromatic carbocycles. The summed E-state index contributed by atoms with van der Waals surface area (Å²) in [4.78, 5) is 12.1. The molecular formula is C17H15FN2O3. The molecule has 1 atom stereocenters. The normalized spacial score (nSPS) is 11.2. The van der Waals surface area contributed by atoms with Crippen molar-refractivity contribution in [3.63, 3.8) is 0 Å². The van der Waals surface area contributed by atoms with Gasteiger partial charge in [-0.2, -0.15) is 5.26 Å². The number of ether oxygens (including phenoxy) is 2. The summed E-state index contributed by atoms with van der Waals surface area (Å²) in [6.45, 7) is 1.54. The number of amides is 1. The molecule has 0 saturated carbocycles. The van der Waals surface area contributed by atoms with Crippen LogP contribution < -0.4 is 14.8 Å². The molecule has 2 aromatic rings. The summed E-state index contributed by atoms with van der Waals surface area (Å²) >= 11 is 0. The minimum Gasteiger partial charge on any atom is -0.493 e. The highest BCUT2D eigenvalue weighted by atomic mass is 19.1. The second-order valence-corrected chi connectivity index (χ2v) is 4.71. The van der Waals surface area contributed by atoms with E-state index in [-0.39, 0.29) is 5.69 Å². The van der Waals surface area contributed by atoms with Crippen LogP contribution in [0.15, 0.2) is 42.5 Å². The molecule has 1 amide bonds. The van der Waals surface area contributed by atoms with Crippen molar-refractivity contribution in [1.29, 1.82) is 5.26 Å². The number of carbonyl (C=O) groups excluding carboxylic acids is 1. The Balaban J connectivity index is 2.10. The van der Waals surface area contributed by atoms with Crippen molar-refractivity contribution < 1.29 is 18.7 Å². The van der Waals surface area contributed by atoms with Crippen molar-refractivity contribution in [3.05, 3.63) is 53.8 Å². The minimum absolute atomic E-state index is 0.0831. The summed E-state index contributed by atoms with van der Waals surface area (Å²) in [6, 6.07) is 12.5. The maximum atomic E-state index is 13.5. The van der Waals surface area contributed by atoms with Crippen LogP contribution in [0.4, 0.5) is 10.1 Å². The Morgan fingerprint density at radius 3 is 2.65 bits per heavy atom. The molecule has 2 rings (SSSR count). The SMILES string of the molecule is COc1cc(C#N)ccc1O[C@H](C)C(=O)Nc1ccccc1F. The van der Waals surface area contributed by atoms with Gasteiger partial charge < -0.3 is 14.8 Å². The fourth-order valence-corrected chi connectivity index (χ4v) is 1.88. The second-order valence-electron chi connectivity index (χ2n) is 4.71. The number of benzene rings is 2. The number of rotatable bonds is 5. The van der Waals surface area contributed by atoms with Crippen LogP contribution in [0, 0.1) is 17.1 Å². The lowest BCUT2D eigenvalue weighted by Crippen LogP contribution is -2.30. The van der Waals surface area contributed by atoms with Gasteiger partial charge in [0.2, 0.25) is 0 Å². The highest BCUT2D eigenvalue weighted by molar-refractivity contribution is 5.94. The molecule has 0 aliphatic rings. The smallest absolute Gasteiger partial charge is 0.265 e. The highest BCUT2D eigenvalue weighted by Gasteiger charge is 2.18.